The summed E-state index contributed by atoms with van der Waals surface area (Å²) < 4.78 is 11.7. The molecule has 4 heteroatoms. The quantitative estimate of drug-likeness (QED) is 0.262. The molecule has 0 aromatic heterocycles. The van der Waals surface area contributed by atoms with Crippen LogP contribution in [0, 0.1) is 0 Å². The Labute approximate surface area is 199 Å². The first kappa shape index (κ1) is 25.1. The summed E-state index contributed by atoms with van der Waals surface area (Å²) >= 11 is -2.44. The van der Waals surface area contributed by atoms with E-state index < -0.39 is 18.4 Å². The van der Waals surface area contributed by atoms with Gasteiger partial charge in [-0.15, -0.1) is 0 Å². The topological polar surface area (TPSA) is 29.5 Å². The molecule has 1 aliphatic heterocycles. The second-order valence-electron chi connectivity index (χ2n) is 9.47. The number of amides is 1. The van der Waals surface area contributed by atoms with Crippen LogP contribution in [0.3, 0.4) is 0 Å². The molecule has 3 rings (SSSR count). The van der Waals surface area contributed by atoms with Gasteiger partial charge in [-0.3, -0.25) is 0 Å². The van der Waals surface area contributed by atoms with Crippen molar-refractivity contribution in [2.24, 2.45) is 0 Å². The fraction of sp³-hybridized carbons (Fsp3) is 0.536. The van der Waals surface area contributed by atoms with E-state index >= 15 is 0 Å². The Morgan fingerprint density at radius 2 is 1.44 bits per heavy atom. The third-order valence-electron chi connectivity index (χ3n) is 7.03. The molecule has 1 amide bonds. The van der Waals surface area contributed by atoms with E-state index in [0.29, 0.717) is 19.7 Å². The van der Waals surface area contributed by atoms with Gasteiger partial charge in [0.1, 0.15) is 0 Å². The molecule has 2 aromatic carbocycles. The van der Waals surface area contributed by atoms with Crippen LogP contribution in [0.5, 0.6) is 0 Å². The minimum absolute atomic E-state index is 0.204. The molecule has 0 aliphatic carbocycles. The third-order valence-corrected chi connectivity index (χ3v) is 22.6. The average Bonchev–Trinajstić information content (AvgIpc) is 3.27. The van der Waals surface area contributed by atoms with Crippen molar-refractivity contribution in [2.45, 2.75) is 92.3 Å². The van der Waals surface area contributed by atoms with Crippen LogP contribution in [0.1, 0.15) is 76.0 Å². The van der Waals surface area contributed by atoms with Gasteiger partial charge in [-0.2, -0.15) is 0 Å². The first-order valence-electron chi connectivity index (χ1n) is 12.7. The molecule has 0 unspecified atom stereocenters. The normalized spacial score (nSPS) is 13.3. The van der Waals surface area contributed by atoms with E-state index in [9.17, 15) is 4.79 Å². The van der Waals surface area contributed by atoms with Crippen molar-refractivity contribution in [3.05, 3.63) is 65.2 Å². The van der Waals surface area contributed by atoms with Gasteiger partial charge in [0.2, 0.25) is 0 Å². The summed E-state index contributed by atoms with van der Waals surface area (Å²) in [5, 5.41) is 0. The molecule has 0 spiro atoms. The van der Waals surface area contributed by atoms with E-state index in [4.69, 9.17) is 4.74 Å². The van der Waals surface area contributed by atoms with E-state index in [1.807, 2.05) is 35.2 Å². The van der Waals surface area contributed by atoms with E-state index in [2.05, 4.69) is 39.0 Å². The number of unbranched alkanes of at least 4 members (excludes halogenated alkanes) is 3. The van der Waals surface area contributed by atoms with E-state index in [1.54, 1.807) is 3.58 Å². The van der Waals surface area contributed by atoms with Gasteiger partial charge in [-0.1, -0.05) is 0 Å². The third kappa shape index (κ3) is 6.52. The number of nitrogens with zero attached hydrogens (tertiary/aromatic N) is 1. The van der Waals surface area contributed by atoms with E-state index in [1.165, 1.54) is 63.0 Å². The van der Waals surface area contributed by atoms with Gasteiger partial charge in [0.15, 0.2) is 0 Å². The molecule has 0 fully saturated rings. The van der Waals surface area contributed by atoms with Gasteiger partial charge < -0.3 is 0 Å². The Morgan fingerprint density at radius 3 is 2.03 bits per heavy atom. The maximum atomic E-state index is 12.7. The summed E-state index contributed by atoms with van der Waals surface area (Å²) in [6.07, 6.45) is 7.80. The molecule has 0 bridgehead atoms. The molecule has 3 nitrogen and oxygen atoms in total. The summed E-state index contributed by atoms with van der Waals surface area (Å²) in [6.45, 7) is 8.69. The van der Waals surface area contributed by atoms with Crippen LogP contribution in [0.2, 0.25) is 13.3 Å². The van der Waals surface area contributed by atoms with Gasteiger partial charge in [0.05, 0.1) is 0 Å². The predicted molar refractivity (Wildman–Crippen MR) is 137 cm³/mol. The van der Waals surface area contributed by atoms with Crippen molar-refractivity contribution in [2.75, 3.05) is 0 Å². The van der Waals surface area contributed by atoms with Crippen LogP contribution in [-0.4, -0.2) is 29.4 Å². The first-order chi connectivity index (χ1) is 15.6. The molecular formula is C28H41NO2Sn. The molecule has 1 heterocycles. The Kier molecular flexibility index (Phi) is 9.95. The predicted octanol–water partition coefficient (Wildman–Crippen LogP) is 7.40. The Hall–Kier alpha value is -1.49. The van der Waals surface area contributed by atoms with Gasteiger partial charge in [-0.25, -0.2) is 0 Å². The Balaban J connectivity index is 1.73. The van der Waals surface area contributed by atoms with Crippen molar-refractivity contribution in [1.29, 1.82) is 0 Å². The van der Waals surface area contributed by atoms with E-state index in [0.717, 1.165) is 5.56 Å². The SMILES string of the molecule is CCC[CH2][Sn]([CH2]CCC)([CH2]CCC)[c]1ccc2c(c1)CN(C(=O)OCc1ccccc1)C2. The molecule has 0 atom stereocenters. The number of ether oxygens (including phenoxy) is 1. The molecule has 0 saturated heterocycles. The van der Waals surface area contributed by atoms with Gasteiger partial charge in [0.25, 0.3) is 0 Å². The zero-order valence-electron chi connectivity index (χ0n) is 20.4. The van der Waals surface area contributed by atoms with Crippen molar-refractivity contribution < 1.29 is 9.53 Å². The molecular weight excluding hydrogens is 501 g/mol. The fourth-order valence-electron chi connectivity index (χ4n) is 5.02. The molecule has 174 valence electrons. The monoisotopic (exact) mass is 543 g/mol. The van der Waals surface area contributed by atoms with Crippen LogP contribution in [0.4, 0.5) is 4.79 Å². The Bertz CT molecular complexity index is 830. The van der Waals surface area contributed by atoms with Gasteiger partial charge in [-0.05, 0) is 0 Å². The number of hydrogen-bond donors (Lipinski definition) is 0. The molecule has 0 saturated carbocycles. The molecule has 32 heavy (non-hydrogen) atoms. The number of hydrogen-bond acceptors (Lipinski definition) is 2. The van der Waals surface area contributed by atoms with E-state index in [-0.39, 0.29) is 6.09 Å². The Morgan fingerprint density at radius 1 is 0.844 bits per heavy atom. The number of rotatable bonds is 12. The van der Waals surface area contributed by atoms with Gasteiger partial charge >= 0.3 is 200 Å². The average molecular weight is 542 g/mol. The molecule has 2 aromatic rings. The van der Waals surface area contributed by atoms with Crippen LogP contribution in [0.25, 0.3) is 0 Å². The zero-order chi connectivity index (χ0) is 22.8. The molecule has 0 radical (unpaired) electrons. The summed E-state index contributed by atoms with van der Waals surface area (Å²) in [5.74, 6) is 0. The summed E-state index contributed by atoms with van der Waals surface area (Å²) in [4.78, 5) is 14.6. The molecule has 0 N–H and O–H groups in total. The number of benzene rings is 2. The number of carbonyl (C=O) groups excluding carboxylic acids is 1. The van der Waals surface area contributed by atoms with Crippen LogP contribution in [-0.2, 0) is 24.4 Å². The van der Waals surface area contributed by atoms with Gasteiger partial charge in [0, 0.05) is 0 Å². The fourth-order valence-corrected chi connectivity index (χ4v) is 21.1. The van der Waals surface area contributed by atoms with Crippen molar-refractivity contribution in [3.63, 3.8) is 0 Å². The number of carbonyl (C=O) groups is 1. The van der Waals surface area contributed by atoms with Crippen molar-refractivity contribution >= 4 is 28.0 Å². The van der Waals surface area contributed by atoms with Crippen LogP contribution < -0.4 is 3.58 Å². The van der Waals surface area contributed by atoms with Crippen LogP contribution >= 0.6 is 0 Å². The first-order valence-corrected chi connectivity index (χ1v) is 20.2. The minimum atomic E-state index is -2.44. The second kappa shape index (κ2) is 12.7. The summed E-state index contributed by atoms with van der Waals surface area (Å²) in [7, 11) is 0. The summed E-state index contributed by atoms with van der Waals surface area (Å²) in [5.41, 5.74) is 3.68. The van der Waals surface area contributed by atoms with Crippen molar-refractivity contribution in [3.8, 4) is 0 Å². The zero-order valence-corrected chi connectivity index (χ0v) is 23.2. The van der Waals surface area contributed by atoms with Crippen molar-refractivity contribution in [1.82, 2.24) is 4.90 Å². The number of fused-ring (bicyclic) bond motifs is 1. The summed E-state index contributed by atoms with van der Waals surface area (Å²) in [6, 6.07) is 17.2. The second-order valence-corrected chi connectivity index (χ2v) is 22.7. The molecule has 1 aliphatic rings. The maximum absolute atomic E-state index is 12.7. The van der Waals surface area contributed by atoms with Crippen LogP contribution in [0.15, 0.2) is 48.5 Å². The standard InChI is InChI=1S/C16H14NO2.3C4H9.Sn/c18-16(19-12-13-6-2-1-3-7-13)17-10-14-8-4-5-9-15(14)11-17;3*1-3-4-2;/h1-4,6-9H,10-12H2;3*1,3-4H2,2H3;.